The van der Waals surface area contributed by atoms with Crippen LogP contribution >= 0.6 is 11.6 Å². The number of carbonyl (C=O) groups is 2. The van der Waals surface area contributed by atoms with Gasteiger partial charge in [0, 0.05) is 31.0 Å². The van der Waals surface area contributed by atoms with Crippen LogP contribution < -0.4 is 5.32 Å². The summed E-state index contributed by atoms with van der Waals surface area (Å²) in [5.41, 5.74) is 0.558. The maximum atomic E-state index is 12.0. The standard InChI is InChI=1S/C17H23ClN2O3/c1-17(2,3)20-10-12(8-16(20)23)9-19-15(22)7-11-4-5-14(21)13(18)6-11/h4-6,12,21H,7-10H2,1-3H3,(H,19,22)/t12-/m1/s1. The molecule has 1 aliphatic rings. The lowest BCUT2D eigenvalue weighted by molar-refractivity contribution is -0.131. The smallest absolute Gasteiger partial charge is 0.224 e. The Morgan fingerprint density at radius 3 is 2.70 bits per heavy atom. The van der Waals surface area contributed by atoms with Crippen LogP contribution in [0.15, 0.2) is 18.2 Å². The minimum Gasteiger partial charge on any atom is -0.506 e. The Morgan fingerprint density at radius 1 is 1.43 bits per heavy atom. The minimum atomic E-state index is -0.182. The van der Waals surface area contributed by atoms with Gasteiger partial charge in [0.2, 0.25) is 11.8 Å². The number of hydrogen-bond donors (Lipinski definition) is 2. The number of carbonyl (C=O) groups excluding carboxylic acids is 2. The maximum absolute atomic E-state index is 12.0. The van der Waals surface area contributed by atoms with Crippen LogP contribution in [-0.2, 0) is 16.0 Å². The predicted molar refractivity (Wildman–Crippen MR) is 89.4 cm³/mol. The van der Waals surface area contributed by atoms with Crippen molar-refractivity contribution in [2.24, 2.45) is 5.92 Å². The van der Waals surface area contributed by atoms with Gasteiger partial charge in [-0.15, -0.1) is 0 Å². The molecule has 1 aliphatic heterocycles. The van der Waals surface area contributed by atoms with Crippen molar-refractivity contribution in [3.8, 4) is 5.75 Å². The van der Waals surface area contributed by atoms with Crippen LogP contribution in [0.4, 0.5) is 0 Å². The number of nitrogens with one attached hydrogen (secondary N) is 1. The first-order chi connectivity index (χ1) is 10.7. The van der Waals surface area contributed by atoms with Crippen molar-refractivity contribution in [1.29, 1.82) is 0 Å². The number of rotatable bonds is 4. The van der Waals surface area contributed by atoms with E-state index in [0.29, 0.717) is 19.5 Å². The highest BCUT2D eigenvalue weighted by molar-refractivity contribution is 6.32. The van der Waals surface area contributed by atoms with Gasteiger partial charge in [0.25, 0.3) is 0 Å². The van der Waals surface area contributed by atoms with Crippen LogP contribution in [0.25, 0.3) is 0 Å². The highest BCUT2D eigenvalue weighted by atomic mass is 35.5. The molecule has 1 heterocycles. The first kappa shape index (κ1) is 17.6. The Labute approximate surface area is 141 Å². The molecule has 0 radical (unpaired) electrons. The number of phenolic OH excluding ortho intramolecular Hbond substituents is 1. The van der Waals surface area contributed by atoms with E-state index in [-0.39, 0.29) is 40.5 Å². The van der Waals surface area contributed by atoms with Gasteiger partial charge in [-0.1, -0.05) is 17.7 Å². The second-order valence-electron chi connectivity index (χ2n) is 7.01. The molecule has 5 nitrogen and oxygen atoms in total. The van der Waals surface area contributed by atoms with Gasteiger partial charge in [0.05, 0.1) is 11.4 Å². The van der Waals surface area contributed by atoms with E-state index in [4.69, 9.17) is 11.6 Å². The van der Waals surface area contributed by atoms with Crippen molar-refractivity contribution in [1.82, 2.24) is 10.2 Å². The van der Waals surface area contributed by atoms with E-state index in [0.717, 1.165) is 5.56 Å². The van der Waals surface area contributed by atoms with Gasteiger partial charge in [-0.3, -0.25) is 9.59 Å². The van der Waals surface area contributed by atoms with Crippen LogP contribution in [0.3, 0.4) is 0 Å². The summed E-state index contributed by atoms with van der Waals surface area (Å²) < 4.78 is 0. The molecule has 1 saturated heterocycles. The van der Waals surface area contributed by atoms with Gasteiger partial charge in [-0.25, -0.2) is 0 Å². The maximum Gasteiger partial charge on any atom is 0.224 e. The molecule has 2 amide bonds. The van der Waals surface area contributed by atoms with Crippen LogP contribution in [-0.4, -0.2) is 40.4 Å². The molecular weight excluding hydrogens is 316 g/mol. The summed E-state index contributed by atoms with van der Waals surface area (Å²) in [6.07, 6.45) is 0.673. The zero-order chi connectivity index (χ0) is 17.2. The van der Waals surface area contributed by atoms with E-state index in [9.17, 15) is 14.7 Å². The molecule has 1 fully saturated rings. The summed E-state index contributed by atoms with van der Waals surface area (Å²) in [6.45, 7) is 7.21. The normalized spacial score (nSPS) is 18.3. The number of likely N-dealkylation sites (tertiary alicyclic amines) is 1. The number of benzene rings is 1. The monoisotopic (exact) mass is 338 g/mol. The average molecular weight is 339 g/mol. The topological polar surface area (TPSA) is 69.6 Å². The number of aromatic hydroxyl groups is 1. The summed E-state index contributed by atoms with van der Waals surface area (Å²) >= 11 is 5.83. The van der Waals surface area contributed by atoms with Gasteiger partial charge in [-0.05, 0) is 38.5 Å². The fraction of sp³-hybridized carbons (Fsp3) is 0.529. The molecule has 23 heavy (non-hydrogen) atoms. The summed E-state index contributed by atoms with van der Waals surface area (Å²) in [6, 6.07) is 4.72. The van der Waals surface area contributed by atoms with E-state index in [1.54, 1.807) is 12.1 Å². The van der Waals surface area contributed by atoms with Crippen molar-refractivity contribution < 1.29 is 14.7 Å². The molecule has 0 aliphatic carbocycles. The lowest BCUT2D eigenvalue weighted by Crippen LogP contribution is -2.42. The zero-order valence-electron chi connectivity index (χ0n) is 13.7. The Kier molecular flexibility index (Phi) is 5.19. The first-order valence-corrected chi connectivity index (χ1v) is 8.09. The summed E-state index contributed by atoms with van der Waals surface area (Å²) in [5.74, 6) is 0.173. The third-order valence-electron chi connectivity index (χ3n) is 3.98. The molecule has 6 heteroatoms. The van der Waals surface area contributed by atoms with E-state index in [2.05, 4.69) is 5.32 Å². The SMILES string of the molecule is CC(C)(C)N1C[C@@H](CNC(=O)Cc2ccc(O)c(Cl)c2)CC1=O. The predicted octanol–water partition coefficient (Wildman–Crippen LogP) is 2.35. The van der Waals surface area contributed by atoms with Gasteiger partial charge >= 0.3 is 0 Å². The fourth-order valence-corrected chi connectivity index (χ4v) is 2.94. The molecule has 0 spiro atoms. The van der Waals surface area contributed by atoms with Crippen molar-refractivity contribution in [3.63, 3.8) is 0 Å². The molecule has 0 bridgehead atoms. The largest absolute Gasteiger partial charge is 0.506 e. The molecule has 0 aromatic heterocycles. The third kappa shape index (κ3) is 4.61. The van der Waals surface area contributed by atoms with E-state index < -0.39 is 0 Å². The Hall–Kier alpha value is -1.75. The minimum absolute atomic E-state index is 0.00237. The quantitative estimate of drug-likeness (QED) is 0.885. The molecule has 0 unspecified atom stereocenters. The fourth-order valence-electron chi connectivity index (χ4n) is 2.73. The molecule has 1 aromatic rings. The zero-order valence-corrected chi connectivity index (χ0v) is 14.5. The highest BCUT2D eigenvalue weighted by Gasteiger charge is 2.36. The third-order valence-corrected chi connectivity index (χ3v) is 4.28. The van der Waals surface area contributed by atoms with E-state index in [1.807, 2.05) is 25.7 Å². The highest BCUT2D eigenvalue weighted by Crippen LogP contribution is 2.26. The Bertz CT molecular complexity index is 610. The number of halogens is 1. The average Bonchev–Trinajstić information content (AvgIpc) is 2.82. The van der Waals surface area contributed by atoms with Gasteiger partial charge in [0.1, 0.15) is 5.75 Å². The Morgan fingerprint density at radius 2 is 2.13 bits per heavy atom. The molecule has 2 rings (SSSR count). The van der Waals surface area contributed by atoms with Crippen LogP contribution in [0.2, 0.25) is 5.02 Å². The molecule has 1 aromatic carbocycles. The second-order valence-corrected chi connectivity index (χ2v) is 7.42. The Balaban J connectivity index is 1.83. The molecule has 1 atom stereocenters. The number of phenols is 1. The second kappa shape index (κ2) is 6.79. The van der Waals surface area contributed by atoms with Crippen molar-refractivity contribution >= 4 is 23.4 Å². The lowest BCUT2D eigenvalue weighted by Gasteiger charge is -2.32. The summed E-state index contributed by atoms with van der Waals surface area (Å²) in [7, 11) is 0. The van der Waals surface area contributed by atoms with Crippen LogP contribution in [0.5, 0.6) is 5.75 Å². The van der Waals surface area contributed by atoms with Gasteiger partial charge in [-0.2, -0.15) is 0 Å². The van der Waals surface area contributed by atoms with Crippen molar-refractivity contribution in [2.45, 2.75) is 39.2 Å². The number of nitrogens with zero attached hydrogens (tertiary/aromatic N) is 1. The van der Waals surface area contributed by atoms with E-state index >= 15 is 0 Å². The van der Waals surface area contributed by atoms with Gasteiger partial charge in [0.15, 0.2) is 0 Å². The van der Waals surface area contributed by atoms with Gasteiger partial charge < -0.3 is 15.3 Å². The van der Waals surface area contributed by atoms with Crippen LogP contribution in [0, 0.1) is 5.92 Å². The first-order valence-electron chi connectivity index (χ1n) is 7.71. The number of amides is 2. The van der Waals surface area contributed by atoms with Crippen LogP contribution in [0.1, 0.15) is 32.8 Å². The molecule has 0 saturated carbocycles. The van der Waals surface area contributed by atoms with Crippen molar-refractivity contribution in [2.75, 3.05) is 13.1 Å². The summed E-state index contributed by atoms with van der Waals surface area (Å²) in [4.78, 5) is 25.9. The van der Waals surface area contributed by atoms with Crippen molar-refractivity contribution in [3.05, 3.63) is 28.8 Å². The van der Waals surface area contributed by atoms with E-state index in [1.165, 1.54) is 6.07 Å². The lowest BCUT2D eigenvalue weighted by atomic mass is 10.1. The summed E-state index contributed by atoms with van der Waals surface area (Å²) in [5, 5.41) is 12.5. The number of hydrogen-bond acceptors (Lipinski definition) is 3. The molecule has 126 valence electrons. The molecule has 2 N–H and O–H groups in total. The molecular formula is C17H23ClN2O3.